The summed E-state index contributed by atoms with van der Waals surface area (Å²) >= 11 is 0. The van der Waals surface area contributed by atoms with Crippen molar-refractivity contribution in [1.82, 2.24) is 0 Å². The summed E-state index contributed by atoms with van der Waals surface area (Å²) in [6.07, 6.45) is -5.00. The third-order valence-electron chi connectivity index (χ3n) is 1.52. The SMILES string of the molecule is Nc1ccc(OC(F)(F)F)c(F)c1C=O. The van der Waals surface area contributed by atoms with Crippen molar-refractivity contribution in [2.75, 3.05) is 5.73 Å². The number of hydrogen-bond acceptors (Lipinski definition) is 3. The third-order valence-corrected chi connectivity index (χ3v) is 1.52. The van der Waals surface area contributed by atoms with Crippen molar-refractivity contribution in [3.05, 3.63) is 23.5 Å². The second kappa shape index (κ2) is 3.76. The van der Waals surface area contributed by atoms with E-state index in [4.69, 9.17) is 5.73 Å². The van der Waals surface area contributed by atoms with E-state index in [1.54, 1.807) is 0 Å². The molecule has 0 amide bonds. The van der Waals surface area contributed by atoms with Crippen molar-refractivity contribution in [3.63, 3.8) is 0 Å². The number of ether oxygens (including phenoxy) is 1. The van der Waals surface area contributed by atoms with Gasteiger partial charge in [0, 0.05) is 5.69 Å². The molecular weight excluding hydrogens is 218 g/mol. The van der Waals surface area contributed by atoms with E-state index in [1.807, 2.05) is 0 Å². The predicted octanol–water partition coefficient (Wildman–Crippen LogP) is 2.12. The molecule has 0 radical (unpaired) electrons. The first-order valence-electron chi connectivity index (χ1n) is 3.64. The lowest BCUT2D eigenvalue weighted by Gasteiger charge is -2.11. The molecule has 0 atom stereocenters. The van der Waals surface area contributed by atoms with Gasteiger partial charge in [-0.05, 0) is 12.1 Å². The first-order chi connectivity index (χ1) is 6.85. The molecule has 0 unspecified atom stereocenters. The zero-order chi connectivity index (χ0) is 11.6. The summed E-state index contributed by atoms with van der Waals surface area (Å²) in [7, 11) is 0. The molecule has 2 N–H and O–H groups in total. The van der Waals surface area contributed by atoms with Crippen LogP contribution in [0.3, 0.4) is 0 Å². The number of anilines is 1. The second-order valence-electron chi connectivity index (χ2n) is 2.55. The average Bonchev–Trinajstić information content (AvgIpc) is 2.09. The van der Waals surface area contributed by atoms with E-state index in [0.717, 1.165) is 6.07 Å². The summed E-state index contributed by atoms with van der Waals surface area (Å²) in [6, 6.07) is 1.65. The normalized spacial score (nSPS) is 11.2. The van der Waals surface area contributed by atoms with Gasteiger partial charge in [0.2, 0.25) is 0 Å². The van der Waals surface area contributed by atoms with E-state index in [2.05, 4.69) is 4.74 Å². The summed E-state index contributed by atoms with van der Waals surface area (Å²) in [5.41, 5.74) is 4.25. The molecule has 0 saturated carbocycles. The van der Waals surface area contributed by atoms with Crippen molar-refractivity contribution < 1.29 is 27.1 Å². The van der Waals surface area contributed by atoms with Gasteiger partial charge in [-0.25, -0.2) is 4.39 Å². The monoisotopic (exact) mass is 223 g/mol. The van der Waals surface area contributed by atoms with Crippen LogP contribution < -0.4 is 10.5 Å². The molecular formula is C8H5F4NO2. The first-order valence-corrected chi connectivity index (χ1v) is 3.64. The third kappa shape index (κ3) is 2.58. The predicted molar refractivity (Wildman–Crippen MR) is 42.9 cm³/mol. The van der Waals surface area contributed by atoms with Gasteiger partial charge in [0.05, 0.1) is 5.56 Å². The van der Waals surface area contributed by atoms with Crippen LogP contribution >= 0.6 is 0 Å². The van der Waals surface area contributed by atoms with Crippen LogP contribution in [0.2, 0.25) is 0 Å². The fraction of sp³-hybridized carbons (Fsp3) is 0.125. The summed E-state index contributed by atoms with van der Waals surface area (Å²) in [5, 5.41) is 0. The smallest absolute Gasteiger partial charge is 0.403 e. The molecule has 15 heavy (non-hydrogen) atoms. The van der Waals surface area contributed by atoms with E-state index in [9.17, 15) is 22.4 Å². The highest BCUT2D eigenvalue weighted by atomic mass is 19.4. The zero-order valence-electron chi connectivity index (χ0n) is 7.14. The zero-order valence-corrected chi connectivity index (χ0v) is 7.14. The quantitative estimate of drug-likeness (QED) is 0.474. The molecule has 0 saturated heterocycles. The minimum Gasteiger partial charge on any atom is -0.403 e. The van der Waals surface area contributed by atoms with Gasteiger partial charge in [0.15, 0.2) is 17.9 Å². The molecule has 0 aliphatic rings. The highest BCUT2D eigenvalue weighted by Crippen LogP contribution is 2.29. The van der Waals surface area contributed by atoms with Crippen molar-refractivity contribution in [1.29, 1.82) is 0 Å². The topological polar surface area (TPSA) is 52.3 Å². The summed E-state index contributed by atoms with van der Waals surface area (Å²) in [4.78, 5) is 10.3. The minimum absolute atomic E-state index is 0.0217. The van der Waals surface area contributed by atoms with Gasteiger partial charge in [-0.1, -0.05) is 0 Å². The van der Waals surface area contributed by atoms with Crippen molar-refractivity contribution in [2.24, 2.45) is 0 Å². The van der Waals surface area contributed by atoms with Crippen molar-refractivity contribution in [2.45, 2.75) is 6.36 Å². The molecule has 0 aliphatic carbocycles. The van der Waals surface area contributed by atoms with Gasteiger partial charge in [-0.2, -0.15) is 0 Å². The molecule has 0 bridgehead atoms. The lowest BCUT2D eigenvalue weighted by Crippen LogP contribution is -2.18. The Bertz CT molecular complexity index is 389. The largest absolute Gasteiger partial charge is 0.573 e. The van der Waals surface area contributed by atoms with Gasteiger partial charge in [0.25, 0.3) is 0 Å². The Balaban J connectivity index is 3.16. The second-order valence-corrected chi connectivity index (χ2v) is 2.55. The number of aldehydes is 1. The number of carbonyl (C=O) groups is 1. The van der Waals surface area contributed by atoms with Crippen LogP contribution in [0.5, 0.6) is 5.75 Å². The van der Waals surface area contributed by atoms with Crippen LogP contribution in [-0.4, -0.2) is 12.6 Å². The Morgan fingerprint density at radius 3 is 2.40 bits per heavy atom. The highest BCUT2D eigenvalue weighted by molar-refractivity contribution is 5.84. The fourth-order valence-electron chi connectivity index (χ4n) is 0.911. The van der Waals surface area contributed by atoms with E-state index in [1.165, 1.54) is 0 Å². The Kier molecular flexibility index (Phi) is 2.83. The Labute approximate surface area is 81.4 Å². The maximum atomic E-state index is 13.1. The van der Waals surface area contributed by atoms with Crippen LogP contribution in [0.1, 0.15) is 10.4 Å². The summed E-state index contributed by atoms with van der Waals surface area (Å²) in [5.74, 6) is -2.51. The highest BCUT2D eigenvalue weighted by Gasteiger charge is 2.33. The summed E-state index contributed by atoms with van der Waals surface area (Å²) in [6.45, 7) is 0. The molecule has 0 heterocycles. The molecule has 3 nitrogen and oxygen atoms in total. The van der Waals surface area contributed by atoms with Gasteiger partial charge < -0.3 is 10.5 Å². The molecule has 7 heteroatoms. The standard InChI is InChI=1S/C8H5F4NO2/c9-7-4(3-14)5(13)1-2-6(7)15-8(10,11)12/h1-3H,13H2. The van der Waals surface area contributed by atoms with Gasteiger partial charge >= 0.3 is 6.36 Å². The number of alkyl halides is 3. The van der Waals surface area contributed by atoms with E-state index >= 15 is 0 Å². The van der Waals surface area contributed by atoms with Crippen LogP contribution in [-0.2, 0) is 0 Å². The lowest BCUT2D eigenvalue weighted by molar-refractivity contribution is -0.275. The van der Waals surface area contributed by atoms with Gasteiger partial charge in [-0.15, -0.1) is 13.2 Å². The van der Waals surface area contributed by atoms with E-state index in [0.29, 0.717) is 6.07 Å². The number of rotatable bonds is 2. The number of nitrogen functional groups attached to an aromatic ring is 1. The Morgan fingerprint density at radius 2 is 1.93 bits per heavy atom. The number of carbonyl (C=O) groups excluding carboxylic acids is 1. The average molecular weight is 223 g/mol. The number of hydrogen-bond donors (Lipinski definition) is 1. The number of nitrogens with two attached hydrogens (primary N) is 1. The van der Waals surface area contributed by atoms with Gasteiger partial charge in [-0.3, -0.25) is 4.79 Å². The number of benzene rings is 1. The van der Waals surface area contributed by atoms with E-state index in [-0.39, 0.29) is 12.0 Å². The van der Waals surface area contributed by atoms with Crippen molar-refractivity contribution in [3.8, 4) is 5.75 Å². The molecule has 0 fully saturated rings. The molecule has 0 aromatic heterocycles. The summed E-state index contributed by atoms with van der Waals surface area (Å²) < 4.78 is 51.7. The maximum absolute atomic E-state index is 13.1. The van der Waals surface area contributed by atoms with Crippen LogP contribution in [0.25, 0.3) is 0 Å². The molecule has 0 spiro atoms. The fourth-order valence-corrected chi connectivity index (χ4v) is 0.911. The minimum atomic E-state index is -5.02. The van der Waals surface area contributed by atoms with Crippen LogP contribution in [0.4, 0.5) is 23.2 Å². The maximum Gasteiger partial charge on any atom is 0.573 e. The van der Waals surface area contributed by atoms with Gasteiger partial charge in [0.1, 0.15) is 0 Å². The van der Waals surface area contributed by atoms with E-state index < -0.39 is 23.5 Å². The van der Waals surface area contributed by atoms with Crippen LogP contribution in [0.15, 0.2) is 12.1 Å². The first kappa shape index (κ1) is 11.3. The van der Waals surface area contributed by atoms with Crippen LogP contribution in [0, 0.1) is 5.82 Å². The lowest BCUT2D eigenvalue weighted by atomic mass is 10.2. The van der Waals surface area contributed by atoms with Crippen molar-refractivity contribution >= 4 is 12.0 Å². The molecule has 0 aliphatic heterocycles. The number of halogens is 4. The molecule has 1 rings (SSSR count). The Morgan fingerprint density at radius 1 is 1.33 bits per heavy atom. The molecule has 82 valence electrons. The Hall–Kier alpha value is -1.79. The molecule has 1 aromatic rings. The molecule has 1 aromatic carbocycles.